The summed E-state index contributed by atoms with van der Waals surface area (Å²) in [5, 5.41) is 0. The van der Waals surface area contributed by atoms with Gasteiger partial charge in [-0.1, -0.05) is 13.6 Å². The molecule has 1 aliphatic heterocycles. The van der Waals surface area contributed by atoms with Gasteiger partial charge in [0.25, 0.3) is 14.0 Å². The van der Waals surface area contributed by atoms with Crippen LogP contribution in [0.4, 0.5) is 0 Å². The Bertz CT molecular complexity index is 130. The average Bonchev–Trinajstić information content (AvgIpc) is 1.97. The van der Waals surface area contributed by atoms with Crippen LogP contribution in [-0.2, 0) is 0 Å². The second-order valence-corrected chi connectivity index (χ2v) is 3.25. The lowest BCUT2D eigenvalue weighted by molar-refractivity contribution is 0.385. The zero-order chi connectivity index (χ0) is 8.59. The Kier molecular flexibility index (Phi) is 2.62. The number of nitrogens with zero attached hydrogens (tertiary/aromatic N) is 3. The van der Waals surface area contributed by atoms with E-state index in [0.29, 0.717) is 14.0 Å². The van der Waals surface area contributed by atoms with Gasteiger partial charge in [-0.3, -0.25) is 0 Å². The SMILES string of the molecule is CB1N(C)[C]N(C)B(C)N1C. The molecule has 0 bridgehead atoms. The van der Waals surface area contributed by atoms with Crippen molar-refractivity contribution in [3.63, 3.8) is 0 Å². The van der Waals surface area contributed by atoms with Crippen molar-refractivity contribution in [2.75, 3.05) is 21.1 Å². The second kappa shape index (κ2) is 3.17. The third kappa shape index (κ3) is 1.60. The van der Waals surface area contributed by atoms with E-state index in [1.807, 2.05) is 14.1 Å². The highest BCUT2D eigenvalue weighted by atomic mass is 15.3. The molecule has 3 nitrogen and oxygen atoms in total. The number of hydrogen-bond acceptors (Lipinski definition) is 3. The van der Waals surface area contributed by atoms with E-state index >= 15 is 0 Å². The van der Waals surface area contributed by atoms with Gasteiger partial charge in [0, 0.05) is 0 Å². The van der Waals surface area contributed by atoms with Gasteiger partial charge < -0.3 is 14.3 Å². The van der Waals surface area contributed by atoms with Crippen LogP contribution in [0.5, 0.6) is 0 Å². The molecule has 0 saturated carbocycles. The summed E-state index contributed by atoms with van der Waals surface area (Å²) in [4.78, 5) is 4.17. The molecule has 0 amide bonds. The second-order valence-electron chi connectivity index (χ2n) is 3.25. The highest BCUT2D eigenvalue weighted by Gasteiger charge is 2.35. The van der Waals surface area contributed by atoms with Gasteiger partial charge in [0.2, 0.25) is 0 Å². The van der Waals surface area contributed by atoms with E-state index in [0.717, 1.165) is 0 Å². The molecule has 1 fully saturated rings. The minimum absolute atomic E-state index is 0.446. The number of hydrogen-bond donors (Lipinski definition) is 0. The summed E-state index contributed by atoms with van der Waals surface area (Å²) in [7, 11) is 6.22. The summed E-state index contributed by atoms with van der Waals surface area (Å²) in [6.45, 7) is 8.48. The van der Waals surface area contributed by atoms with Gasteiger partial charge in [0.05, 0.1) is 0 Å². The molecule has 60 valence electrons. The largest absolute Gasteiger partial charge is 0.359 e. The fourth-order valence-corrected chi connectivity index (χ4v) is 1.27. The Morgan fingerprint density at radius 2 is 1.27 bits per heavy atom. The zero-order valence-electron chi connectivity index (χ0n) is 8.00. The van der Waals surface area contributed by atoms with Gasteiger partial charge in [-0.25, -0.2) is 0 Å². The van der Waals surface area contributed by atoms with E-state index in [1.54, 1.807) is 0 Å². The monoisotopic (exact) mass is 151 g/mol. The lowest BCUT2D eigenvalue weighted by Crippen LogP contribution is -2.63. The van der Waals surface area contributed by atoms with Crippen molar-refractivity contribution in [3.05, 3.63) is 6.67 Å². The van der Waals surface area contributed by atoms with E-state index in [2.05, 4.69) is 41.7 Å². The predicted octanol–water partition coefficient (Wildman–Crippen LogP) is 0.0277. The molecule has 0 unspecified atom stereocenters. The van der Waals surface area contributed by atoms with Crippen LogP contribution in [0.2, 0.25) is 13.6 Å². The quantitative estimate of drug-likeness (QED) is 0.452. The van der Waals surface area contributed by atoms with Gasteiger partial charge in [-0.05, 0) is 21.1 Å². The third-order valence-electron chi connectivity index (χ3n) is 2.62. The minimum atomic E-state index is 0.446. The minimum Gasteiger partial charge on any atom is -0.359 e. The molecule has 0 spiro atoms. The lowest BCUT2D eigenvalue weighted by Gasteiger charge is -2.43. The molecule has 1 aliphatic rings. The van der Waals surface area contributed by atoms with Crippen LogP contribution in [0.3, 0.4) is 0 Å². The smallest absolute Gasteiger partial charge is 0.298 e. The van der Waals surface area contributed by atoms with Crippen molar-refractivity contribution in [2.45, 2.75) is 13.6 Å². The first-order valence-corrected chi connectivity index (χ1v) is 3.98. The molecular weight excluding hydrogens is 136 g/mol. The van der Waals surface area contributed by atoms with Crippen molar-refractivity contribution in [1.29, 1.82) is 0 Å². The maximum Gasteiger partial charge on any atom is 0.298 e. The molecule has 0 aromatic rings. The van der Waals surface area contributed by atoms with Gasteiger partial charge >= 0.3 is 0 Å². The Labute approximate surface area is 70.6 Å². The van der Waals surface area contributed by atoms with Crippen molar-refractivity contribution in [1.82, 2.24) is 14.3 Å². The number of rotatable bonds is 0. The fraction of sp³-hybridized carbons (Fsp3) is 0.833. The highest BCUT2D eigenvalue weighted by molar-refractivity contribution is 6.69. The molecule has 0 aromatic heterocycles. The van der Waals surface area contributed by atoms with E-state index in [4.69, 9.17) is 0 Å². The molecule has 1 heterocycles. The topological polar surface area (TPSA) is 9.72 Å². The third-order valence-corrected chi connectivity index (χ3v) is 2.62. The molecule has 5 heteroatoms. The normalized spacial score (nSPS) is 24.8. The molecule has 1 saturated heterocycles. The summed E-state index contributed by atoms with van der Waals surface area (Å²) < 4.78 is 2.30. The van der Waals surface area contributed by atoms with Crippen molar-refractivity contribution in [3.8, 4) is 0 Å². The van der Waals surface area contributed by atoms with Gasteiger partial charge in [-0.15, -0.1) is 0 Å². The van der Waals surface area contributed by atoms with Gasteiger partial charge in [0.1, 0.15) is 6.67 Å². The zero-order valence-corrected chi connectivity index (χ0v) is 8.00. The van der Waals surface area contributed by atoms with Crippen LogP contribution in [-0.4, -0.2) is 49.5 Å². The average molecular weight is 151 g/mol. The van der Waals surface area contributed by atoms with Crippen molar-refractivity contribution < 1.29 is 0 Å². The summed E-state index contributed by atoms with van der Waals surface area (Å²) in [6.07, 6.45) is 0. The van der Waals surface area contributed by atoms with Gasteiger partial charge in [0.15, 0.2) is 0 Å². The van der Waals surface area contributed by atoms with Crippen LogP contribution < -0.4 is 0 Å². The van der Waals surface area contributed by atoms with Crippen molar-refractivity contribution >= 4 is 14.0 Å². The summed E-state index contributed by atoms with van der Waals surface area (Å²) in [6, 6.07) is 0. The summed E-state index contributed by atoms with van der Waals surface area (Å²) in [5.41, 5.74) is 0. The van der Waals surface area contributed by atoms with Crippen LogP contribution >= 0.6 is 0 Å². The first-order chi connectivity index (χ1) is 5.04. The molecular formula is C6H15B2N3. The molecule has 2 radical (unpaired) electrons. The Morgan fingerprint density at radius 1 is 0.909 bits per heavy atom. The Hall–Kier alpha value is 0.00987. The first-order valence-electron chi connectivity index (χ1n) is 3.98. The standard InChI is InChI=1S/C6H15B2N3/c1-7-9(3)6-10(4)8(2)11(7)5/h1-5H3. The van der Waals surface area contributed by atoms with E-state index < -0.39 is 0 Å². The Balaban J connectivity index is 2.63. The molecule has 0 aliphatic carbocycles. The maximum atomic E-state index is 3.23. The van der Waals surface area contributed by atoms with E-state index in [-0.39, 0.29) is 0 Å². The lowest BCUT2D eigenvalue weighted by atomic mass is 9.59. The van der Waals surface area contributed by atoms with E-state index in [9.17, 15) is 0 Å². The maximum absolute atomic E-state index is 3.23. The van der Waals surface area contributed by atoms with Crippen LogP contribution in [0.15, 0.2) is 0 Å². The molecule has 11 heavy (non-hydrogen) atoms. The summed E-state index contributed by atoms with van der Waals surface area (Å²) >= 11 is 0. The van der Waals surface area contributed by atoms with Gasteiger partial charge in [-0.2, -0.15) is 0 Å². The molecule has 0 aromatic carbocycles. The molecule has 0 atom stereocenters. The first kappa shape index (κ1) is 9.10. The molecule has 1 rings (SSSR count). The fourth-order valence-electron chi connectivity index (χ4n) is 1.27. The van der Waals surface area contributed by atoms with E-state index in [1.165, 1.54) is 0 Å². The predicted molar refractivity (Wildman–Crippen MR) is 49.8 cm³/mol. The van der Waals surface area contributed by atoms with Crippen LogP contribution in [0.1, 0.15) is 0 Å². The highest BCUT2D eigenvalue weighted by Crippen LogP contribution is 2.12. The van der Waals surface area contributed by atoms with Crippen molar-refractivity contribution in [2.24, 2.45) is 0 Å². The summed E-state index contributed by atoms with van der Waals surface area (Å²) in [5.74, 6) is 0. The van der Waals surface area contributed by atoms with Crippen LogP contribution in [0, 0.1) is 6.67 Å². The molecule has 0 N–H and O–H groups in total. The van der Waals surface area contributed by atoms with Crippen LogP contribution in [0.25, 0.3) is 0 Å². The Morgan fingerprint density at radius 3 is 1.64 bits per heavy atom.